The fourth-order valence-electron chi connectivity index (χ4n) is 6.33. The monoisotopic (exact) mass is 525 g/mol. The molecule has 1 amide bonds. The van der Waals surface area contributed by atoms with Gasteiger partial charge in [-0.25, -0.2) is 0 Å². The highest BCUT2D eigenvalue weighted by atomic mass is 35.5. The van der Waals surface area contributed by atoms with Crippen LogP contribution in [0, 0.1) is 11.3 Å². The number of fused-ring (bicyclic) bond motifs is 2. The molecule has 9 heteroatoms. The van der Waals surface area contributed by atoms with E-state index in [1.807, 2.05) is 12.1 Å². The van der Waals surface area contributed by atoms with Gasteiger partial charge in [0.2, 0.25) is 5.91 Å². The van der Waals surface area contributed by atoms with E-state index in [9.17, 15) is 18.0 Å². The fraction of sp³-hybridized carbons (Fsp3) is 0.538. The van der Waals surface area contributed by atoms with E-state index in [1.165, 1.54) is 0 Å². The fourth-order valence-corrected chi connectivity index (χ4v) is 6.65. The molecule has 2 aliphatic carbocycles. The maximum atomic E-state index is 13.8. The van der Waals surface area contributed by atoms with E-state index < -0.39 is 17.2 Å². The summed E-state index contributed by atoms with van der Waals surface area (Å²) in [5.41, 5.74) is 1.12. The van der Waals surface area contributed by atoms with Crippen molar-refractivity contribution in [1.82, 2.24) is 15.2 Å². The molecule has 1 aromatic carbocycles. The molecule has 2 aromatic rings. The van der Waals surface area contributed by atoms with Crippen molar-refractivity contribution >= 4 is 29.1 Å². The molecule has 3 atom stereocenters. The number of aromatic nitrogens is 1. The van der Waals surface area contributed by atoms with Crippen molar-refractivity contribution in [1.29, 1.82) is 0 Å². The van der Waals surface area contributed by atoms with Crippen LogP contribution in [0.1, 0.15) is 54.5 Å². The van der Waals surface area contributed by atoms with E-state index in [-0.39, 0.29) is 18.5 Å². The van der Waals surface area contributed by atoms with E-state index in [4.69, 9.17) is 23.2 Å². The van der Waals surface area contributed by atoms with Crippen LogP contribution in [0.5, 0.6) is 0 Å². The Labute approximate surface area is 213 Å². The Morgan fingerprint density at radius 2 is 2.06 bits per heavy atom. The van der Waals surface area contributed by atoms with E-state index in [0.717, 1.165) is 62.9 Å². The minimum Gasteiger partial charge on any atom is -0.337 e. The summed E-state index contributed by atoms with van der Waals surface area (Å²) in [6, 6.07) is 7.07. The normalized spacial score (nSPS) is 26.0. The molecule has 2 heterocycles. The Hall–Kier alpha value is -1.83. The number of carbonyl (C=O) groups excluding carboxylic acids is 1. The summed E-state index contributed by atoms with van der Waals surface area (Å²) in [4.78, 5) is 19.7. The summed E-state index contributed by atoms with van der Waals surface area (Å²) >= 11 is 12.1. The number of nitrogens with one attached hydrogen (secondary N) is 1. The van der Waals surface area contributed by atoms with Gasteiger partial charge in [0, 0.05) is 37.4 Å². The van der Waals surface area contributed by atoms with Gasteiger partial charge >= 0.3 is 6.18 Å². The number of halogens is 5. The first-order chi connectivity index (χ1) is 16.7. The summed E-state index contributed by atoms with van der Waals surface area (Å²) in [7, 11) is 0. The summed E-state index contributed by atoms with van der Waals surface area (Å²) in [5.74, 6) is 0.426. The molecule has 1 aromatic heterocycles. The Bertz CT molecular complexity index is 1130. The van der Waals surface area contributed by atoms with Gasteiger partial charge in [-0.1, -0.05) is 35.7 Å². The van der Waals surface area contributed by atoms with Crippen LogP contribution >= 0.6 is 23.2 Å². The van der Waals surface area contributed by atoms with Gasteiger partial charge in [-0.15, -0.1) is 0 Å². The molecule has 3 unspecified atom stereocenters. The van der Waals surface area contributed by atoms with Crippen LogP contribution in [-0.4, -0.2) is 34.9 Å². The Morgan fingerprint density at radius 1 is 1.23 bits per heavy atom. The minimum atomic E-state index is -4.44. The first-order valence-corrected chi connectivity index (χ1v) is 12.9. The predicted molar refractivity (Wildman–Crippen MR) is 129 cm³/mol. The molecule has 1 N–H and O–H groups in total. The molecule has 2 fully saturated rings. The lowest BCUT2D eigenvalue weighted by molar-refractivity contribution is -0.144. The summed E-state index contributed by atoms with van der Waals surface area (Å²) < 4.78 is 39.6. The highest BCUT2D eigenvalue weighted by molar-refractivity contribution is 6.42. The number of nitrogens with zero attached hydrogens (tertiary/aromatic N) is 2. The largest absolute Gasteiger partial charge is 0.417 e. The van der Waals surface area contributed by atoms with Crippen LogP contribution in [-0.2, 0) is 30.4 Å². The van der Waals surface area contributed by atoms with Crippen LogP contribution in [0.2, 0.25) is 10.0 Å². The van der Waals surface area contributed by atoms with Gasteiger partial charge in [0.05, 0.1) is 21.0 Å². The molecule has 0 saturated heterocycles. The zero-order valence-electron chi connectivity index (χ0n) is 19.3. The smallest absolute Gasteiger partial charge is 0.337 e. The Morgan fingerprint density at radius 3 is 2.83 bits per heavy atom. The molecule has 5 rings (SSSR count). The average Bonchev–Trinajstić information content (AvgIpc) is 3.37. The van der Waals surface area contributed by atoms with Crippen molar-refractivity contribution in [3.63, 3.8) is 0 Å². The van der Waals surface area contributed by atoms with Crippen LogP contribution in [0.15, 0.2) is 30.5 Å². The number of benzene rings is 1. The van der Waals surface area contributed by atoms with Gasteiger partial charge in [-0.2, -0.15) is 13.2 Å². The second kappa shape index (κ2) is 9.56. The van der Waals surface area contributed by atoms with Crippen molar-refractivity contribution in [3.05, 3.63) is 62.9 Å². The summed E-state index contributed by atoms with van der Waals surface area (Å²) in [5, 5.41) is 4.72. The molecule has 0 bridgehead atoms. The van der Waals surface area contributed by atoms with E-state index in [2.05, 4.69) is 10.3 Å². The van der Waals surface area contributed by atoms with Crippen LogP contribution in [0.3, 0.4) is 0 Å². The van der Waals surface area contributed by atoms with Crippen LogP contribution in [0.4, 0.5) is 13.2 Å². The lowest BCUT2D eigenvalue weighted by atomic mass is 9.78. The highest BCUT2D eigenvalue weighted by Crippen LogP contribution is 2.55. The van der Waals surface area contributed by atoms with Crippen molar-refractivity contribution in [2.75, 3.05) is 13.1 Å². The van der Waals surface area contributed by atoms with Gasteiger partial charge in [-0.3, -0.25) is 9.78 Å². The molecule has 0 spiro atoms. The Balaban J connectivity index is 1.24. The second-order valence-electron chi connectivity index (χ2n) is 10.1. The molecule has 35 heavy (non-hydrogen) atoms. The third kappa shape index (κ3) is 4.92. The third-order valence-electron chi connectivity index (χ3n) is 8.05. The van der Waals surface area contributed by atoms with Gasteiger partial charge in [-0.05, 0) is 73.9 Å². The minimum absolute atomic E-state index is 0.108. The number of carbonyl (C=O) groups is 1. The van der Waals surface area contributed by atoms with Gasteiger partial charge < -0.3 is 10.2 Å². The lowest BCUT2D eigenvalue weighted by Crippen LogP contribution is -2.47. The number of pyridine rings is 1. The maximum Gasteiger partial charge on any atom is 0.417 e. The number of hydrogen-bond acceptors (Lipinski definition) is 3. The quantitative estimate of drug-likeness (QED) is 0.514. The van der Waals surface area contributed by atoms with Gasteiger partial charge in [0.15, 0.2) is 0 Å². The number of alkyl halides is 3. The number of hydrogen-bond donors (Lipinski definition) is 1. The Kier molecular flexibility index (Phi) is 6.79. The zero-order valence-corrected chi connectivity index (χ0v) is 20.8. The molecule has 188 valence electrons. The van der Waals surface area contributed by atoms with Gasteiger partial charge in [0.25, 0.3) is 0 Å². The molecule has 1 aliphatic heterocycles. The van der Waals surface area contributed by atoms with Crippen molar-refractivity contribution in [3.8, 4) is 0 Å². The SMILES string of the molecule is O=C(N1CCc2ncc(C(F)(F)F)cc2C1)C12CCCC1CC(NCCc1ccc(Cl)c(Cl)c1)C2. The molecular formula is C26H28Cl2F3N3O. The topological polar surface area (TPSA) is 45.2 Å². The highest BCUT2D eigenvalue weighted by Gasteiger charge is 2.56. The van der Waals surface area contributed by atoms with E-state index in [1.54, 1.807) is 11.0 Å². The first kappa shape index (κ1) is 24.8. The second-order valence-corrected chi connectivity index (χ2v) is 11.0. The molecule has 4 nitrogen and oxygen atoms in total. The molecule has 0 radical (unpaired) electrons. The standard InChI is InChI=1S/C26H28Cl2F3N3O/c27-21-4-3-16(10-22(21)28)5-8-32-20-12-18-2-1-7-25(18,13-20)24(35)34-9-6-23-17(15-34)11-19(14-33-23)26(29,30)31/h3-4,10-11,14,18,20,32H,1-2,5-9,12-13,15H2. The number of rotatable bonds is 5. The summed E-state index contributed by atoms with van der Waals surface area (Å²) in [6.45, 7) is 1.49. The first-order valence-electron chi connectivity index (χ1n) is 12.2. The third-order valence-corrected chi connectivity index (χ3v) is 8.79. The summed E-state index contributed by atoms with van der Waals surface area (Å²) in [6.07, 6.45) is 2.41. The molecule has 2 saturated carbocycles. The van der Waals surface area contributed by atoms with Crippen molar-refractivity contribution in [2.45, 2.75) is 63.7 Å². The van der Waals surface area contributed by atoms with Crippen molar-refractivity contribution in [2.24, 2.45) is 11.3 Å². The van der Waals surface area contributed by atoms with Gasteiger partial charge in [0.1, 0.15) is 0 Å². The predicted octanol–water partition coefficient (Wildman–Crippen LogP) is 6.07. The van der Waals surface area contributed by atoms with E-state index in [0.29, 0.717) is 40.2 Å². The van der Waals surface area contributed by atoms with Crippen molar-refractivity contribution < 1.29 is 18.0 Å². The number of amides is 1. The van der Waals surface area contributed by atoms with E-state index >= 15 is 0 Å². The maximum absolute atomic E-state index is 13.8. The average molecular weight is 526 g/mol. The van der Waals surface area contributed by atoms with Crippen LogP contribution < -0.4 is 5.32 Å². The molecular weight excluding hydrogens is 498 g/mol. The lowest BCUT2D eigenvalue weighted by Gasteiger charge is -2.37. The zero-order chi connectivity index (χ0) is 24.8. The molecule has 3 aliphatic rings. The van der Waals surface area contributed by atoms with Crippen LogP contribution in [0.25, 0.3) is 0 Å².